The number of nitro groups is 1. The summed E-state index contributed by atoms with van der Waals surface area (Å²) in [6, 6.07) is 16.0. The first-order valence-electron chi connectivity index (χ1n) is 7.23. The summed E-state index contributed by atoms with van der Waals surface area (Å²) in [5, 5.41) is 28.0. The second-order valence-electron chi connectivity index (χ2n) is 5.29. The van der Waals surface area contributed by atoms with Crippen molar-refractivity contribution < 1.29 is 4.92 Å². The quantitative estimate of drug-likeness (QED) is 0.543. The van der Waals surface area contributed by atoms with Gasteiger partial charge in [-0.3, -0.25) is 10.1 Å². The Bertz CT molecular complexity index is 938. The average Bonchev–Trinajstić information content (AvgIpc) is 2.98. The van der Waals surface area contributed by atoms with Crippen molar-refractivity contribution >= 4 is 5.69 Å². The predicted octanol–water partition coefficient (Wildman–Crippen LogP) is 3.08. The molecule has 24 heavy (non-hydrogen) atoms. The maximum Gasteiger partial charge on any atom is 0.269 e. The summed E-state index contributed by atoms with van der Waals surface area (Å²) < 4.78 is 1.64. The highest BCUT2D eigenvalue weighted by Crippen LogP contribution is 2.26. The predicted molar refractivity (Wildman–Crippen MR) is 87.1 cm³/mol. The minimum atomic E-state index is -0.439. The third-order valence-electron chi connectivity index (χ3n) is 3.72. The summed E-state index contributed by atoms with van der Waals surface area (Å²) in [5.41, 5.74) is 3.68. The molecule has 0 aliphatic carbocycles. The minimum absolute atomic E-state index is 0.0363. The summed E-state index contributed by atoms with van der Waals surface area (Å²) in [6.07, 6.45) is 0. The van der Waals surface area contributed by atoms with Gasteiger partial charge in [0.2, 0.25) is 0 Å². The molecule has 0 saturated heterocycles. The van der Waals surface area contributed by atoms with E-state index in [0.717, 1.165) is 16.7 Å². The topological polar surface area (TPSA) is 97.6 Å². The molecule has 0 bridgehead atoms. The van der Waals surface area contributed by atoms with Gasteiger partial charge in [0.1, 0.15) is 11.8 Å². The van der Waals surface area contributed by atoms with Gasteiger partial charge in [-0.2, -0.15) is 5.26 Å². The average molecular weight is 319 g/mol. The first-order valence-corrected chi connectivity index (χ1v) is 7.23. The highest BCUT2D eigenvalue weighted by Gasteiger charge is 2.17. The Morgan fingerprint density at radius 3 is 2.54 bits per heavy atom. The van der Waals surface area contributed by atoms with Crippen LogP contribution in [0.5, 0.6) is 0 Å². The number of aryl methyl sites for hydroxylation is 1. The van der Waals surface area contributed by atoms with E-state index in [2.05, 4.69) is 16.4 Å². The summed E-state index contributed by atoms with van der Waals surface area (Å²) in [5.74, 6) is 0. The number of non-ortho nitro benzene ring substituents is 1. The molecule has 3 aromatic rings. The summed E-state index contributed by atoms with van der Waals surface area (Å²) in [4.78, 5) is 10.3. The lowest BCUT2D eigenvalue weighted by Gasteiger charge is -2.09. The third kappa shape index (κ3) is 2.85. The Labute approximate surface area is 137 Å². The van der Waals surface area contributed by atoms with E-state index >= 15 is 0 Å². The zero-order chi connectivity index (χ0) is 17.1. The Morgan fingerprint density at radius 2 is 1.92 bits per heavy atom. The van der Waals surface area contributed by atoms with Gasteiger partial charge >= 0.3 is 0 Å². The number of nitrogens with zero attached hydrogens (tertiary/aromatic N) is 5. The zero-order valence-corrected chi connectivity index (χ0v) is 12.9. The van der Waals surface area contributed by atoms with Crippen LogP contribution < -0.4 is 0 Å². The second kappa shape index (κ2) is 6.30. The molecule has 2 aromatic carbocycles. The summed E-state index contributed by atoms with van der Waals surface area (Å²) >= 11 is 0. The monoisotopic (exact) mass is 319 g/mol. The number of nitro benzene ring substituents is 1. The van der Waals surface area contributed by atoms with Crippen molar-refractivity contribution in [2.45, 2.75) is 13.5 Å². The van der Waals surface area contributed by atoms with E-state index in [1.165, 1.54) is 12.1 Å². The van der Waals surface area contributed by atoms with Crippen molar-refractivity contribution in [3.63, 3.8) is 0 Å². The Balaban J connectivity index is 2.01. The minimum Gasteiger partial charge on any atom is -0.258 e. The van der Waals surface area contributed by atoms with Crippen molar-refractivity contribution in [1.82, 2.24) is 15.0 Å². The fraction of sp³-hybridized carbons (Fsp3) is 0.118. The first-order chi connectivity index (χ1) is 11.6. The number of hydrogen-bond donors (Lipinski definition) is 0. The molecule has 118 valence electrons. The van der Waals surface area contributed by atoms with Crippen LogP contribution in [0.3, 0.4) is 0 Å². The lowest BCUT2D eigenvalue weighted by Crippen LogP contribution is -2.05. The van der Waals surface area contributed by atoms with Crippen LogP contribution in [0.15, 0.2) is 48.5 Å². The van der Waals surface area contributed by atoms with Crippen LogP contribution in [0.1, 0.15) is 16.8 Å². The van der Waals surface area contributed by atoms with Crippen LogP contribution in [0.2, 0.25) is 0 Å². The van der Waals surface area contributed by atoms with Gasteiger partial charge in [0, 0.05) is 17.7 Å². The lowest BCUT2D eigenvalue weighted by molar-refractivity contribution is -0.384. The smallest absolute Gasteiger partial charge is 0.258 e. The fourth-order valence-corrected chi connectivity index (χ4v) is 2.50. The molecular formula is C17H13N5O2. The van der Waals surface area contributed by atoms with Crippen molar-refractivity contribution in [2.75, 3.05) is 0 Å². The summed E-state index contributed by atoms with van der Waals surface area (Å²) in [6.45, 7) is 2.33. The molecule has 1 heterocycles. The Kier molecular flexibility index (Phi) is 4.03. The van der Waals surface area contributed by atoms with Crippen molar-refractivity contribution in [2.24, 2.45) is 0 Å². The summed E-state index contributed by atoms with van der Waals surface area (Å²) in [7, 11) is 0. The molecule has 0 unspecified atom stereocenters. The van der Waals surface area contributed by atoms with Crippen molar-refractivity contribution in [3.8, 4) is 17.3 Å². The third-order valence-corrected chi connectivity index (χ3v) is 3.72. The fourth-order valence-electron chi connectivity index (χ4n) is 2.50. The Morgan fingerprint density at radius 1 is 1.21 bits per heavy atom. The molecule has 0 spiro atoms. The van der Waals surface area contributed by atoms with Crippen molar-refractivity contribution in [1.29, 1.82) is 5.26 Å². The molecule has 0 N–H and O–H groups in total. The van der Waals surface area contributed by atoms with E-state index in [0.29, 0.717) is 12.2 Å². The van der Waals surface area contributed by atoms with Gasteiger partial charge in [-0.05, 0) is 18.1 Å². The first kappa shape index (κ1) is 15.4. The van der Waals surface area contributed by atoms with Gasteiger partial charge in [-0.25, -0.2) is 4.68 Å². The molecule has 0 aliphatic heterocycles. The Hall–Kier alpha value is -3.53. The molecule has 0 amide bonds. The number of nitriles is 1. The lowest BCUT2D eigenvalue weighted by atomic mass is 10.0. The van der Waals surface area contributed by atoms with Gasteiger partial charge in [-0.15, -0.1) is 5.10 Å². The molecule has 3 rings (SSSR count). The molecule has 0 radical (unpaired) electrons. The van der Waals surface area contributed by atoms with E-state index < -0.39 is 4.92 Å². The number of hydrogen-bond acceptors (Lipinski definition) is 5. The van der Waals surface area contributed by atoms with Gasteiger partial charge in [0.15, 0.2) is 5.69 Å². The standard InChI is InChI=1S/C17H13N5O2/c1-12-4-2-3-5-15(12)17-16(10-18)19-20-21(17)11-13-6-8-14(9-7-13)22(23)24/h2-9H,11H2,1H3. The molecule has 0 fully saturated rings. The molecule has 7 nitrogen and oxygen atoms in total. The zero-order valence-electron chi connectivity index (χ0n) is 12.9. The van der Waals surface area contributed by atoms with Crippen LogP contribution in [0.4, 0.5) is 5.69 Å². The number of rotatable bonds is 4. The largest absolute Gasteiger partial charge is 0.269 e. The molecule has 1 aromatic heterocycles. The molecular weight excluding hydrogens is 306 g/mol. The van der Waals surface area contributed by atoms with Crippen LogP contribution in [-0.2, 0) is 6.54 Å². The van der Waals surface area contributed by atoms with Gasteiger partial charge in [0.05, 0.1) is 11.5 Å². The van der Waals surface area contributed by atoms with Crippen LogP contribution in [0, 0.1) is 28.4 Å². The maximum absolute atomic E-state index is 10.7. The van der Waals surface area contributed by atoms with E-state index in [9.17, 15) is 15.4 Å². The van der Waals surface area contributed by atoms with E-state index in [1.54, 1.807) is 16.8 Å². The molecule has 0 aliphatic rings. The van der Waals surface area contributed by atoms with Crippen LogP contribution >= 0.6 is 0 Å². The normalized spacial score (nSPS) is 10.3. The van der Waals surface area contributed by atoms with E-state index in [4.69, 9.17) is 0 Å². The highest BCUT2D eigenvalue weighted by molar-refractivity contribution is 5.68. The van der Waals surface area contributed by atoms with Crippen LogP contribution in [0.25, 0.3) is 11.3 Å². The maximum atomic E-state index is 10.7. The number of benzene rings is 2. The number of aromatic nitrogens is 3. The molecule has 0 saturated carbocycles. The van der Waals surface area contributed by atoms with Gasteiger partial charge in [-0.1, -0.05) is 41.6 Å². The van der Waals surface area contributed by atoms with Crippen molar-refractivity contribution in [3.05, 3.63) is 75.5 Å². The van der Waals surface area contributed by atoms with Gasteiger partial charge in [0.25, 0.3) is 5.69 Å². The second-order valence-corrected chi connectivity index (χ2v) is 5.29. The van der Waals surface area contributed by atoms with Gasteiger partial charge < -0.3 is 0 Å². The molecule has 7 heteroatoms. The molecule has 0 atom stereocenters. The SMILES string of the molecule is Cc1ccccc1-c1c(C#N)nnn1Cc1ccc([N+](=O)[O-])cc1. The highest BCUT2D eigenvalue weighted by atomic mass is 16.6. The van der Waals surface area contributed by atoms with E-state index in [1.807, 2.05) is 31.2 Å². The van der Waals surface area contributed by atoms with Crippen LogP contribution in [-0.4, -0.2) is 19.9 Å². The van der Waals surface area contributed by atoms with E-state index in [-0.39, 0.29) is 11.4 Å².